The lowest BCUT2D eigenvalue weighted by Gasteiger charge is -2.13. The second-order valence-electron chi connectivity index (χ2n) is 3.11. The van der Waals surface area contributed by atoms with Crippen molar-refractivity contribution in [3.8, 4) is 0 Å². The van der Waals surface area contributed by atoms with Crippen molar-refractivity contribution in [1.29, 1.82) is 0 Å². The molecule has 0 fully saturated rings. The average Bonchev–Trinajstić information content (AvgIpc) is 2.14. The molecule has 0 saturated carbocycles. The lowest BCUT2D eigenvalue weighted by atomic mass is 10.0. The maximum Gasteiger partial charge on any atom is 0.416 e. The van der Waals surface area contributed by atoms with Crippen molar-refractivity contribution < 1.29 is 17.6 Å². The number of rotatable bonds is 2. The van der Waals surface area contributed by atoms with Crippen LogP contribution in [0, 0.1) is 5.82 Å². The molecule has 1 rings (SSSR count). The van der Waals surface area contributed by atoms with Crippen LogP contribution in [0.2, 0.25) is 0 Å². The summed E-state index contributed by atoms with van der Waals surface area (Å²) in [6.07, 6.45) is -4.58. The van der Waals surface area contributed by atoms with Crippen molar-refractivity contribution in [2.75, 3.05) is 6.54 Å². The molecule has 0 aliphatic rings. The number of alkyl halides is 3. The molecule has 1 aromatic rings. The normalized spacial score (nSPS) is 13.1. The molecule has 0 radical (unpaired) electrons. The lowest BCUT2D eigenvalue weighted by molar-refractivity contribution is -0.137. The predicted molar refractivity (Wildman–Crippen MR) is 54.6 cm³/mol. The summed E-state index contributed by atoms with van der Waals surface area (Å²) in [6.45, 7) is -0.0409. The van der Waals surface area contributed by atoms with Gasteiger partial charge in [-0.05, 0) is 23.8 Å². The first-order chi connectivity index (χ1) is 6.84. The molecule has 92 valence electrons. The second kappa shape index (κ2) is 5.47. The number of nitrogens with two attached hydrogens (primary N) is 2. The zero-order valence-corrected chi connectivity index (χ0v) is 8.91. The summed E-state index contributed by atoms with van der Waals surface area (Å²) < 4.78 is 49.7. The van der Waals surface area contributed by atoms with Gasteiger partial charge in [-0.1, -0.05) is 0 Å². The summed E-state index contributed by atoms with van der Waals surface area (Å²) in [4.78, 5) is 0. The van der Waals surface area contributed by atoms with Crippen molar-refractivity contribution in [2.45, 2.75) is 12.2 Å². The first kappa shape index (κ1) is 15.2. The van der Waals surface area contributed by atoms with Gasteiger partial charge in [-0.15, -0.1) is 12.4 Å². The van der Waals surface area contributed by atoms with E-state index in [1.807, 2.05) is 0 Å². The van der Waals surface area contributed by atoms with Gasteiger partial charge in [0.2, 0.25) is 0 Å². The number of hydrogen-bond acceptors (Lipinski definition) is 2. The quantitative estimate of drug-likeness (QED) is 0.799. The number of benzene rings is 1. The SMILES string of the molecule is Cl.NC[C@@H](N)c1cc(F)cc(C(F)(F)F)c1. The Kier molecular flexibility index (Phi) is 5.18. The first-order valence-electron chi connectivity index (χ1n) is 4.18. The third-order valence-electron chi connectivity index (χ3n) is 1.93. The van der Waals surface area contributed by atoms with E-state index in [1.165, 1.54) is 0 Å². The highest BCUT2D eigenvalue weighted by molar-refractivity contribution is 5.85. The van der Waals surface area contributed by atoms with Crippen LogP contribution in [-0.4, -0.2) is 6.54 Å². The van der Waals surface area contributed by atoms with E-state index in [9.17, 15) is 17.6 Å². The summed E-state index contributed by atoms with van der Waals surface area (Å²) in [5, 5.41) is 0. The molecule has 0 amide bonds. The van der Waals surface area contributed by atoms with Gasteiger partial charge in [0.1, 0.15) is 5.82 Å². The Morgan fingerprint density at radius 1 is 1.19 bits per heavy atom. The molecule has 0 aliphatic heterocycles. The van der Waals surface area contributed by atoms with Gasteiger partial charge in [-0.2, -0.15) is 13.2 Å². The zero-order chi connectivity index (χ0) is 11.6. The topological polar surface area (TPSA) is 52.0 Å². The highest BCUT2D eigenvalue weighted by atomic mass is 35.5. The van der Waals surface area contributed by atoms with Gasteiger partial charge in [-0.3, -0.25) is 0 Å². The molecular formula is C9H11ClF4N2. The van der Waals surface area contributed by atoms with E-state index in [0.717, 1.165) is 12.1 Å². The van der Waals surface area contributed by atoms with Crippen LogP contribution in [0.1, 0.15) is 17.2 Å². The maximum atomic E-state index is 12.9. The number of hydrogen-bond donors (Lipinski definition) is 2. The van der Waals surface area contributed by atoms with E-state index in [4.69, 9.17) is 11.5 Å². The van der Waals surface area contributed by atoms with E-state index < -0.39 is 23.6 Å². The Labute approximate surface area is 96.0 Å². The van der Waals surface area contributed by atoms with Gasteiger partial charge >= 0.3 is 6.18 Å². The van der Waals surface area contributed by atoms with Crippen LogP contribution in [-0.2, 0) is 6.18 Å². The average molecular weight is 259 g/mol. The molecule has 1 atom stereocenters. The van der Waals surface area contributed by atoms with Crippen molar-refractivity contribution in [2.24, 2.45) is 11.5 Å². The van der Waals surface area contributed by atoms with Gasteiger partial charge in [0.15, 0.2) is 0 Å². The summed E-state index contributed by atoms with van der Waals surface area (Å²) in [5.41, 5.74) is 9.59. The minimum atomic E-state index is -4.58. The smallest absolute Gasteiger partial charge is 0.329 e. The van der Waals surface area contributed by atoms with Crippen molar-refractivity contribution in [1.82, 2.24) is 0 Å². The van der Waals surface area contributed by atoms with Gasteiger partial charge in [-0.25, -0.2) is 4.39 Å². The van der Waals surface area contributed by atoms with Crippen molar-refractivity contribution in [3.63, 3.8) is 0 Å². The fourth-order valence-corrected chi connectivity index (χ4v) is 1.13. The third-order valence-corrected chi connectivity index (χ3v) is 1.93. The van der Waals surface area contributed by atoms with Gasteiger partial charge in [0.05, 0.1) is 5.56 Å². The summed E-state index contributed by atoms with van der Waals surface area (Å²) in [6, 6.07) is 1.39. The van der Waals surface area contributed by atoms with E-state index in [-0.39, 0.29) is 24.5 Å². The molecule has 16 heavy (non-hydrogen) atoms. The van der Waals surface area contributed by atoms with Crippen molar-refractivity contribution >= 4 is 12.4 Å². The molecule has 7 heteroatoms. The second-order valence-corrected chi connectivity index (χ2v) is 3.11. The fourth-order valence-electron chi connectivity index (χ4n) is 1.13. The Hall–Kier alpha value is -0.850. The minimum Gasteiger partial charge on any atom is -0.329 e. The number of halogens is 5. The molecule has 0 bridgehead atoms. The first-order valence-corrected chi connectivity index (χ1v) is 4.18. The molecule has 1 aromatic carbocycles. The van der Waals surface area contributed by atoms with Crippen LogP contribution >= 0.6 is 12.4 Å². The molecule has 0 saturated heterocycles. The highest BCUT2D eigenvalue weighted by Gasteiger charge is 2.31. The maximum absolute atomic E-state index is 12.9. The molecule has 0 spiro atoms. The molecule has 0 aromatic heterocycles. The van der Waals surface area contributed by atoms with Crippen LogP contribution in [0.4, 0.5) is 17.6 Å². The van der Waals surface area contributed by atoms with Gasteiger partial charge in [0.25, 0.3) is 0 Å². The van der Waals surface area contributed by atoms with Crippen LogP contribution in [0.5, 0.6) is 0 Å². The molecule has 0 aliphatic carbocycles. The largest absolute Gasteiger partial charge is 0.416 e. The van der Waals surface area contributed by atoms with E-state index in [1.54, 1.807) is 0 Å². The Morgan fingerprint density at radius 3 is 2.19 bits per heavy atom. The minimum absolute atomic E-state index is 0. The lowest BCUT2D eigenvalue weighted by Crippen LogP contribution is -2.21. The van der Waals surface area contributed by atoms with Gasteiger partial charge in [0, 0.05) is 12.6 Å². The summed E-state index contributed by atoms with van der Waals surface area (Å²) in [5.74, 6) is -0.969. The van der Waals surface area contributed by atoms with Crippen LogP contribution in [0.25, 0.3) is 0 Å². The zero-order valence-electron chi connectivity index (χ0n) is 8.09. The molecule has 0 unspecified atom stereocenters. The van der Waals surface area contributed by atoms with Crippen LogP contribution < -0.4 is 11.5 Å². The molecule has 2 nitrogen and oxygen atoms in total. The Morgan fingerprint density at radius 2 is 1.75 bits per heavy atom. The molecule has 0 heterocycles. The van der Waals surface area contributed by atoms with Crippen molar-refractivity contribution in [3.05, 3.63) is 35.1 Å². The van der Waals surface area contributed by atoms with Crippen LogP contribution in [0.15, 0.2) is 18.2 Å². The standard InChI is InChI=1S/C9H10F4N2.ClH/c10-7-2-5(8(15)4-14)1-6(3-7)9(11,12)13;/h1-3,8H,4,14-15H2;1H/t8-;/m1./s1. The van der Waals surface area contributed by atoms with E-state index >= 15 is 0 Å². The van der Waals surface area contributed by atoms with E-state index in [0.29, 0.717) is 6.07 Å². The van der Waals surface area contributed by atoms with Gasteiger partial charge < -0.3 is 11.5 Å². The highest BCUT2D eigenvalue weighted by Crippen LogP contribution is 2.31. The Bertz CT molecular complexity index is 354. The molecule has 4 N–H and O–H groups in total. The van der Waals surface area contributed by atoms with Crippen LogP contribution in [0.3, 0.4) is 0 Å². The summed E-state index contributed by atoms with van der Waals surface area (Å²) >= 11 is 0. The van der Waals surface area contributed by atoms with E-state index in [2.05, 4.69) is 0 Å². The predicted octanol–water partition coefficient (Wildman–Crippen LogP) is 2.22. The fraction of sp³-hybridized carbons (Fsp3) is 0.333. The summed E-state index contributed by atoms with van der Waals surface area (Å²) in [7, 11) is 0. The monoisotopic (exact) mass is 258 g/mol. The molecular weight excluding hydrogens is 248 g/mol. The third kappa shape index (κ3) is 3.62. The Balaban J connectivity index is 0.00000225.